The number of hydrogen-bond acceptors (Lipinski definition) is 5. The summed E-state index contributed by atoms with van der Waals surface area (Å²) < 4.78 is 6.12. The number of nitrogens with one attached hydrogen (secondary N) is 1. The van der Waals surface area contributed by atoms with Crippen LogP contribution in [0.1, 0.15) is 22.2 Å². The van der Waals surface area contributed by atoms with Gasteiger partial charge in [0.2, 0.25) is 0 Å². The maximum absolute atomic E-state index is 11.9. The first-order valence-corrected chi connectivity index (χ1v) is 7.76. The SMILES string of the molecule is CCOC(=O)c1cc(N)ccc1NCc1ccc(Br)s1. The maximum Gasteiger partial charge on any atom is 0.340 e. The fourth-order valence-electron chi connectivity index (χ4n) is 1.72. The second-order valence-electron chi connectivity index (χ2n) is 4.08. The average molecular weight is 355 g/mol. The van der Waals surface area contributed by atoms with Gasteiger partial charge in [-0.25, -0.2) is 4.79 Å². The molecule has 0 saturated carbocycles. The minimum Gasteiger partial charge on any atom is -0.462 e. The number of rotatable bonds is 5. The van der Waals surface area contributed by atoms with Crippen molar-refractivity contribution in [3.63, 3.8) is 0 Å². The van der Waals surface area contributed by atoms with E-state index < -0.39 is 0 Å². The van der Waals surface area contributed by atoms with Crippen LogP contribution in [0.3, 0.4) is 0 Å². The number of nitrogen functional groups attached to an aromatic ring is 1. The monoisotopic (exact) mass is 354 g/mol. The van der Waals surface area contributed by atoms with E-state index in [9.17, 15) is 4.79 Å². The zero-order valence-electron chi connectivity index (χ0n) is 11.0. The van der Waals surface area contributed by atoms with Crippen LogP contribution in [0.2, 0.25) is 0 Å². The Kier molecular flexibility index (Phi) is 5.03. The highest BCUT2D eigenvalue weighted by molar-refractivity contribution is 9.11. The molecule has 0 saturated heterocycles. The summed E-state index contributed by atoms with van der Waals surface area (Å²) >= 11 is 5.07. The molecule has 106 valence electrons. The van der Waals surface area contributed by atoms with E-state index in [0.717, 1.165) is 9.47 Å². The summed E-state index contributed by atoms with van der Waals surface area (Å²) in [6, 6.07) is 9.21. The highest BCUT2D eigenvalue weighted by Crippen LogP contribution is 2.25. The maximum atomic E-state index is 11.9. The Morgan fingerprint density at radius 1 is 1.40 bits per heavy atom. The molecule has 0 fully saturated rings. The van der Waals surface area contributed by atoms with E-state index in [1.54, 1.807) is 36.5 Å². The molecule has 2 rings (SSSR count). The lowest BCUT2D eigenvalue weighted by Crippen LogP contribution is -2.10. The Hall–Kier alpha value is -1.53. The topological polar surface area (TPSA) is 64.3 Å². The molecule has 0 amide bonds. The first-order chi connectivity index (χ1) is 9.60. The lowest BCUT2D eigenvalue weighted by molar-refractivity contribution is 0.0527. The first kappa shape index (κ1) is 14.9. The number of carbonyl (C=O) groups excluding carboxylic acids is 1. The number of halogens is 1. The molecule has 0 aliphatic rings. The van der Waals surface area contributed by atoms with E-state index in [2.05, 4.69) is 21.2 Å². The molecule has 20 heavy (non-hydrogen) atoms. The number of nitrogens with two attached hydrogens (primary N) is 1. The minimum atomic E-state index is -0.366. The van der Waals surface area contributed by atoms with Gasteiger partial charge in [-0.05, 0) is 53.2 Å². The van der Waals surface area contributed by atoms with Crippen molar-refractivity contribution < 1.29 is 9.53 Å². The van der Waals surface area contributed by atoms with Gasteiger partial charge in [0.1, 0.15) is 0 Å². The summed E-state index contributed by atoms with van der Waals surface area (Å²) in [6.45, 7) is 2.76. The fraction of sp³-hybridized carbons (Fsp3) is 0.214. The molecule has 0 bridgehead atoms. The summed E-state index contributed by atoms with van der Waals surface area (Å²) in [5, 5.41) is 3.24. The normalized spacial score (nSPS) is 10.3. The summed E-state index contributed by atoms with van der Waals surface area (Å²) in [5.41, 5.74) is 7.46. The van der Waals surface area contributed by atoms with Crippen LogP contribution in [0.5, 0.6) is 0 Å². The zero-order valence-corrected chi connectivity index (χ0v) is 13.4. The van der Waals surface area contributed by atoms with Gasteiger partial charge in [0.05, 0.1) is 16.0 Å². The van der Waals surface area contributed by atoms with E-state index in [1.807, 2.05) is 12.1 Å². The van der Waals surface area contributed by atoms with Gasteiger partial charge < -0.3 is 15.8 Å². The summed E-state index contributed by atoms with van der Waals surface area (Å²) in [6.07, 6.45) is 0. The van der Waals surface area contributed by atoms with Crippen molar-refractivity contribution in [3.05, 3.63) is 44.6 Å². The third-order valence-electron chi connectivity index (χ3n) is 2.62. The van der Waals surface area contributed by atoms with Gasteiger partial charge in [-0.15, -0.1) is 11.3 Å². The molecule has 2 aromatic rings. The van der Waals surface area contributed by atoms with Gasteiger partial charge in [-0.2, -0.15) is 0 Å². The van der Waals surface area contributed by atoms with Crippen molar-refractivity contribution in [3.8, 4) is 0 Å². The molecule has 0 spiro atoms. The zero-order chi connectivity index (χ0) is 14.5. The van der Waals surface area contributed by atoms with Crippen molar-refractivity contribution in [2.45, 2.75) is 13.5 Å². The fourth-order valence-corrected chi connectivity index (χ4v) is 3.15. The molecule has 3 N–H and O–H groups in total. The number of benzene rings is 1. The van der Waals surface area contributed by atoms with Crippen LogP contribution in [0, 0.1) is 0 Å². The van der Waals surface area contributed by atoms with Gasteiger partial charge in [0.25, 0.3) is 0 Å². The number of hydrogen-bond donors (Lipinski definition) is 2. The Bertz CT molecular complexity index is 613. The standard InChI is InChI=1S/C14H15BrN2O2S/c1-2-19-14(18)11-7-9(16)3-5-12(11)17-8-10-4-6-13(15)20-10/h3-7,17H,2,8,16H2,1H3. The minimum absolute atomic E-state index is 0.338. The van der Waals surface area contributed by atoms with E-state index in [4.69, 9.17) is 10.5 Å². The Morgan fingerprint density at radius 2 is 2.20 bits per heavy atom. The second-order valence-corrected chi connectivity index (χ2v) is 6.63. The Morgan fingerprint density at radius 3 is 2.85 bits per heavy atom. The van der Waals surface area contributed by atoms with Gasteiger partial charge in [-0.1, -0.05) is 0 Å². The number of anilines is 2. The van der Waals surface area contributed by atoms with Crippen molar-refractivity contribution in [1.29, 1.82) is 0 Å². The smallest absolute Gasteiger partial charge is 0.340 e. The van der Waals surface area contributed by atoms with E-state index in [-0.39, 0.29) is 5.97 Å². The van der Waals surface area contributed by atoms with Gasteiger partial charge in [0.15, 0.2) is 0 Å². The molecular weight excluding hydrogens is 340 g/mol. The van der Waals surface area contributed by atoms with Crippen molar-refractivity contribution in [2.75, 3.05) is 17.7 Å². The van der Waals surface area contributed by atoms with Gasteiger partial charge >= 0.3 is 5.97 Å². The molecular formula is C14H15BrN2O2S. The molecule has 6 heteroatoms. The largest absolute Gasteiger partial charge is 0.462 e. The third kappa shape index (κ3) is 3.74. The Balaban J connectivity index is 2.16. The average Bonchev–Trinajstić information content (AvgIpc) is 2.83. The molecule has 0 unspecified atom stereocenters. The Labute approximate surface area is 130 Å². The van der Waals surface area contributed by atoms with Crippen LogP contribution in [0.4, 0.5) is 11.4 Å². The van der Waals surface area contributed by atoms with E-state index >= 15 is 0 Å². The summed E-state index contributed by atoms with van der Waals surface area (Å²) in [4.78, 5) is 13.1. The second kappa shape index (κ2) is 6.76. The van der Waals surface area contributed by atoms with Crippen LogP contribution in [0.25, 0.3) is 0 Å². The molecule has 0 atom stereocenters. The summed E-state index contributed by atoms with van der Waals surface area (Å²) in [5.74, 6) is -0.366. The lowest BCUT2D eigenvalue weighted by atomic mass is 10.1. The van der Waals surface area contributed by atoms with Gasteiger partial charge in [0, 0.05) is 22.8 Å². The van der Waals surface area contributed by atoms with Crippen LogP contribution >= 0.6 is 27.3 Å². The first-order valence-electron chi connectivity index (χ1n) is 6.15. The van der Waals surface area contributed by atoms with Crippen LogP contribution in [-0.4, -0.2) is 12.6 Å². The van der Waals surface area contributed by atoms with E-state index in [1.165, 1.54) is 4.88 Å². The molecule has 1 aromatic heterocycles. The van der Waals surface area contributed by atoms with Crippen molar-refractivity contribution >= 4 is 44.6 Å². The number of esters is 1. The van der Waals surface area contributed by atoms with Crippen molar-refractivity contribution in [2.24, 2.45) is 0 Å². The number of thiophene rings is 1. The predicted molar refractivity (Wildman–Crippen MR) is 86.2 cm³/mol. The molecule has 0 aliphatic carbocycles. The quantitative estimate of drug-likeness (QED) is 0.631. The molecule has 1 aromatic carbocycles. The number of ether oxygens (including phenoxy) is 1. The molecule has 1 heterocycles. The lowest BCUT2D eigenvalue weighted by Gasteiger charge is -2.11. The van der Waals surface area contributed by atoms with E-state index in [0.29, 0.717) is 24.4 Å². The number of carbonyl (C=O) groups is 1. The third-order valence-corrected chi connectivity index (χ3v) is 4.24. The molecule has 4 nitrogen and oxygen atoms in total. The molecule has 0 aliphatic heterocycles. The predicted octanol–water partition coefficient (Wildman–Crippen LogP) is 3.88. The highest BCUT2D eigenvalue weighted by atomic mass is 79.9. The molecule has 0 radical (unpaired) electrons. The van der Waals surface area contributed by atoms with Crippen LogP contribution in [0.15, 0.2) is 34.1 Å². The summed E-state index contributed by atoms with van der Waals surface area (Å²) in [7, 11) is 0. The van der Waals surface area contributed by atoms with Crippen molar-refractivity contribution in [1.82, 2.24) is 0 Å². The highest BCUT2D eigenvalue weighted by Gasteiger charge is 2.13. The van der Waals surface area contributed by atoms with Crippen LogP contribution < -0.4 is 11.1 Å². The van der Waals surface area contributed by atoms with Gasteiger partial charge in [-0.3, -0.25) is 0 Å². The van der Waals surface area contributed by atoms with Crippen LogP contribution in [-0.2, 0) is 11.3 Å².